The number of hydrogen-bond donors (Lipinski definition) is 1. The highest BCUT2D eigenvalue weighted by Crippen LogP contribution is 2.45. The first-order valence-electron chi connectivity index (χ1n) is 11.8. The molecule has 1 fully saturated rings. The molecule has 0 aromatic heterocycles. The van der Waals surface area contributed by atoms with Crippen molar-refractivity contribution in [1.29, 1.82) is 0 Å². The molecular weight excluding hydrogens is 438 g/mol. The second-order valence-electron chi connectivity index (χ2n) is 8.30. The smallest absolute Gasteiger partial charge is 0.317 e. The van der Waals surface area contributed by atoms with E-state index in [1.54, 1.807) is 18.2 Å². The molecule has 0 radical (unpaired) electrons. The number of carbonyl (C=O) groups is 2. The summed E-state index contributed by atoms with van der Waals surface area (Å²) in [6, 6.07) is 10.8. The average molecular weight is 470 g/mol. The number of carbonyl (C=O) groups excluding carboxylic acids is 2. The summed E-state index contributed by atoms with van der Waals surface area (Å²) in [6.45, 7) is 5.36. The van der Waals surface area contributed by atoms with Crippen molar-refractivity contribution in [3.8, 4) is 23.0 Å². The van der Waals surface area contributed by atoms with Crippen molar-refractivity contribution in [2.75, 3.05) is 38.4 Å². The van der Waals surface area contributed by atoms with Crippen LogP contribution in [0.5, 0.6) is 23.0 Å². The van der Waals surface area contributed by atoms with Crippen LogP contribution in [0.1, 0.15) is 45.1 Å². The third-order valence-electron chi connectivity index (χ3n) is 6.10. The first-order chi connectivity index (χ1) is 16.6. The second-order valence-corrected chi connectivity index (χ2v) is 8.30. The summed E-state index contributed by atoms with van der Waals surface area (Å²) in [5.41, 5.74) is 0.597. The van der Waals surface area contributed by atoms with Gasteiger partial charge in [-0.3, -0.25) is 9.59 Å². The summed E-state index contributed by atoms with van der Waals surface area (Å²) >= 11 is 0. The third-order valence-corrected chi connectivity index (χ3v) is 6.10. The topological polar surface area (TPSA) is 92.3 Å². The largest absolute Gasteiger partial charge is 0.490 e. The highest BCUT2D eigenvalue weighted by atomic mass is 16.6. The van der Waals surface area contributed by atoms with Gasteiger partial charge in [0.2, 0.25) is 0 Å². The molecule has 1 amide bonds. The van der Waals surface area contributed by atoms with Crippen LogP contribution in [0.3, 0.4) is 0 Å². The molecule has 0 unspecified atom stereocenters. The van der Waals surface area contributed by atoms with Crippen LogP contribution in [0, 0.1) is 0 Å². The molecule has 182 valence electrons. The lowest BCUT2D eigenvalue weighted by Gasteiger charge is -2.28. The molecule has 8 heteroatoms. The zero-order valence-corrected chi connectivity index (χ0v) is 19.7. The molecule has 1 aliphatic carbocycles. The number of nitrogens with one attached hydrogen (secondary N) is 1. The van der Waals surface area contributed by atoms with E-state index in [1.807, 2.05) is 32.0 Å². The standard InChI is InChI=1S/C26H31NO7/c1-3-30-20-10-8-19(16-23(20)31-4-2)27-24(28)17-34-25(29)26(11-5-6-12-26)18-7-9-21-22(15-18)33-14-13-32-21/h7-10,15-16H,3-6,11-14,17H2,1-2H3,(H,27,28). The minimum atomic E-state index is -0.780. The second kappa shape index (κ2) is 10.7. The van der Waals surface area contributed by atoms with E-state index in [-0.39, 0.29) is 6.61 Å². The molecule has 1 aliphatic heterocycles. The van der Waals surface area contributed by atoms with E-state index < -0.39 is 17.3 Å². The number of ether oxygens (including phenoxy) is 5. The molecule has 2 aromatic rings. The van der Waals surface area contributed by atoms with Gasteiger partial charge < -0.3 is 29.0 Å². The summed E-state index contributed by atoms with van der Waals surface area (Å²) in [7, 11) is 0. The lowest BCUT2D eigenvalue weighted by atomic mass is 9.78. The molecule has 1 heterocycles. The predicted octanol–water partition coefficient (Wildman–Crippen LogP) is 4.25. The zero-order chi connectivity index (χ0) is 24.0. The molecule has 1 N–H and O–H groups in total. The highest BCUT2D eigenvalue weighted by molar-refractivity contribution is 5.94. The van der Waals surface area contributed by atoms with Crippen LogP contribution in [-0.4, -0.2) is 44.9 Å². The molecule has 4 rings (SSSR count). The highest BCUT2D eigenvalue weighted by Gasteiger charge is 2.45. The summed E-state index contributed by atoms with van der Waals surface area (Å²) < 4.78 is 28.0. The first-order valence-corrected chi connectivity index (χ1v) is 11.8. The van der Waals surface area contributed by atoms with Gasteiger partial charge in [-0.2, -0.15) is 0 Å². The summed E-state index contributed by atoms with van der Waals surface area (Å²) in [4.78, 5) is 25.8. The minimum Gasteiger partial charge on any atom is -0.490 e. The number of hydrogen-bond acceptors (Lipinski definition) is 7. The number of rotatable bonds is 9. The van der Waals surface area contributed by atoms with Gasteiger partial charge >= 0.3 is 5.97 Å². The number of benzene rings is 2. The number of fused-ring (bicyclic) bond motifs is 1. The van der Waals surface area contributed by atoms with Crippen molar-refractivity contribution < 1.29 is 33.3 Å². The summed E-state index contributed by atoms with van der Waals surface area (Å²) in [6.07, 6.45) is 3.18. The van der Waals surface area contributed by atoms with Crippen LogP contribution in [0.25, 0.3) is 0 Å². The Morgan fingerprint density at radius 3 is 2.35 bits per heavy atom. The van der Waals surface area contributed by atoms with Crippen LogP contribution >= 0.6 is 0 Å². The molecular formula is C26H31NO7. The first kappa shape index (κ1) is 23.7. The van der Waals surface area contributed by atoms with Gasteiger partial charge in [-0.05, 0) is 56.5 Å². The molecule has 8 nitrogen and oxygen atoms in total. The number of anilines is 1. The van der Waals surface area contributed by atoms with E-state index in [0.29, 0.717) is 68.0 Å². The molecule has 2 aromatic carbocycles. The van der Waals surface area contributed by atoms with Crippen LogP contribution in [0.4, 0.5) is 5.69 Å². The van der Waals surface area contributed by atoms with E-state index in [2.05, 4.69) is 5.32 Å². The Bertz CT molecular complexity index is 1030. The molecule has 0 saturated heterocycles. The van der Waals surface area contributed by atoms with Crippen LogP contribution in [0.2, 0.25) is 0 Å². The lowest BCUT2D eigenvalue weighted by molar-refractivity contribution is -0.153. The van der Waals surface area contributed by atoms with Crippen molar-refractivity contribution in [3.63, 3.8) is 0 Å². The van der Waals surface area contributed by atoms with Crippen LogP contribution < -0.4 is 24.3 Å². The summed E-state index contributed by atoms with van der Waals surface area (Å²) in [5, 5.41) is 2.76. The third kappa shape index (κ3) is 5.05. The fourth-order valence-electron chi connectivity index (χ4n) is 4.53. The van der Waals surface area contributed by atoms with E-state index in [1.165, 1.54) is 0 Å². The van der Waals surface area contributed by atoms with Crippen molar-refractivity contribution in [1.82, 2.24) is 0 Å². The SMILES string of the molecule is CCOc1ccc(NC(=O)COC(=O)C2(c3ccc4c(c3)OCCO4)CCCC2)cc1OCC. The fourth-order valence-corrected chi connectivity index (χ4v) is 4.53. The fraction of sp³-hybridized carbons (Fsp3) is 0.462. The summed E-state index contributed by atoms with van der Waals surface area (Å²) in [5.74, 6) is 1.66. The van der Waals surface area contributed by atoms with Gasteiger partial charge in [0.05, 0.1) is 18.6 Å². The Balaban J connectivity index is 1.42. The minimum absolute atomic E-state index is 0.373. The maximum atomic E-state index is 13.2. The van der Waals surface area contributed by atoms with E-state index in [0.717, 1.165) is 18.4 Å². The molecule has 0 spiro atoms. The molecule has 2 aliphatic rings. The Labute approximate surface area is 199 Å². The number of amides is 1. The van der Waals surface area contributed by atoms with Crippen molar-refractivity contribution in [2.45, 2.75) is 44.9 Å². The van der Waals surface area contributed by atoms with Gasteiger partial charge in [0, 0.05) is 11.8 Å². The molecule has 0 atom stereocenters. The van der Waals surface area contributed by atoms with Gasteiger partial charge in [-0.25, -0.2) is 0 Å². The Morgan fingerprint density at radius 1 is 0.912 bits per heavy atom. The van der Waals surface area contributed by atoms with Crippen molar-refractivity contribution in [3.05, 3.63) is 42.0 Å². The zero-order valence-electron chi connectivity index (χ0n) is 19.7. The maximum Gasteiger partial charge on any atom is 0.317 e. The molecule has 1 saturated carbocycles. The molecule has 0 bridgehead atoms. The van der Waals surface area contributed by atoms with Gasteiger partial charge in [-0.15, -0.1) is 0 Å². The lowest BCUT2D eigenvalue weighted by Crippen LogP contribution is -2.36. The van der Waals surface area contributed by atoms with Crippen LogP contribution in [-0.2, 0) is 19.7 Å². The van der Waals surface area contributed by atoms with E-state index in [4.69, 9.17) is 23.7 Å². The van der Waals surface area contributed by atoms with E-state index in [9.17, 15) is 9.59 Å². The predicted molar refractivity (Wildman–Crippen MR) is 126 cm³/mol. The van der Waals surface area contributed by atoms with Gasteiger partial charge in [0.15, 0.2) is 29.6 Å². The van der Waals surface area contributed by atoms with Crippen LogP contribution in [0.15, 0.2) is 36.4 Å². The maximum absolute atomic E-state index is 13.2. The van der Waals surface area contributed by atoms with E-state index >= 15 is 0 Å². The average Bonchev–Trinajstić information content (AvgIpc) is 3.35. The molecule has 34 heavy (non-hydrogen) atoms. The van der Waals surface area contributed by atoms with Crippen molar-refractivity contribution in [2.24, 2.45) is 0 Å². The van der Waals surface area contributed by atoms with Gasteiger partial charge in [0.1, 0.15) is 13.2 Å². The monoisotopic (exact) mass is 469 g/mol. The number of esters is 1. The van der Waals surface area contributed by atoms with Gasteiger partial charge in [0.25, 0.3) is 5.91 Å². The normalized spacial score (nSPS) is 15.9. The quantitative estimate of drug-likeness (QED) is 0.549. The Morgan fingerprint density at radius 2 is 1.62 bits per heavy atom. The Kier molecular flexibility index (Phi) is 7.45. The van der Waals surface area contributed by atoms with Gasteiger partial charge in [-0.1, -0.05) is 18.9 Å². The Hall–Kier alpha value is -3.42. The van der Waals surface area contributed by atoms with Crippen molar-refractivity contribution >= 4 is 17.6 Å².